The summed E-state index contributed by atoms with van der Waals surface area (Å²) in [7, 11) is 1.56. The predicted octanol–water partition coefficient (Wildman–Crippen LogP) is 2.55. The van der Waals surface area contributed by atoms with Crippen molar-refractivity contribution in [2.24, 2.45) is 5.92 Å². The van der Waals surface area contributed by atoms with Crippen LogP contribution in [0.3, 0.4) is 0 Å². The topological polar surface area (TPSA) is 72.0 Å². The largest absolute Gasteiger partial charge is 0.467 e. The highest BCUT2D eigenvalue weighted by Gasteiger charge is 2.06. The third kappa shape index (κ3) is 6.22. The van der Waals surface area contributed by atoms with E-state index < -0.39 is 0 Å². The average molecular weight is 267 g/mol. The lowest BCUT2D eigenvalue weighted by molar-refractivity contribution is 0.379. The molecule has 108 valence electrons. The summed E-state index contributed by atoms with van der Waals surface area (Å²) in [5.74, 6) is 1.84. The minimum absolute atomic E-state index is 0.333. The average Bonchev–Trinajstić information content (AvgIpc) is 2.41. The Kier molecular flexibility index (Phi) is 6.92. The molecule has 6 nitrogen and oxygen atoms in total. The van der Waals surface area contributed by atoms with Crippen molar-refractivity contribution in [2.45, 2.75) is 40.0 Å². The molecule has 6 heteroatoms. The Labute approximate surface area is 115 Å². The zero-order chi connectivity index (χ0) is 14.1. The molecular formula is C13H25N5O. The quantitative estimate of drug-likeness (QED) is 0.670. The molecule has 1 rings (SSSR count). The molecule has 1 heterocycles. The lowest BCUT2D eigenvalue weighted by Crippen LogP contribution is -2.11. The van der Waals surface area contributed by atoms with Crippen LogP contribution < -0.4 is 15.4 Å². The number of methoxy groups -OCH3 is 1. The summed E-state index contributed by atoms with van der Waals surface area (Å²) in [6, 6.07) is 0.333. The van der Waals surface area contributed by atoms with Gasteiger partial charge in [0.2, 0.25) is 11.9 Å². The van der Waals surface area contributed by atoms with Gasteiger partial charge in [0.1, 0.15) is 0 Å². The van der Waals surface area contributed by atoms with Crippen LogP contribution in [0, 0.1) is 5.92 Å². The van der Waals surface area contributed by atoms with E-state index in [1.165, 1.54) is 6.42 Å². The van der Waals surface area contributed by atoms with Crippen molar-refractivity contribution in [2.75, 3.05) is 30.8 Å². The first-order valence-corrected chi connectivity index (χ1v) is 6.93. The van der Waals surface area contributed by atoms with Crippen LogP contribution in [-0.4, -0.2) is 35.2 Å². The van der Waals surface area contributed by atoms with E-state index >= 15 is 0 Å². The fraction of sp³-hybridized carbons (Fsp3) is 0.769. The van der Waals surface area contributed by atoms with Gasteiger partial charge in [0.05, 0.1) is 7.11 Å². The number of ether oxygens (including phenoxy) is 1. The molecule has 0 amide bonds. The first-order valence-electron chi connectivity index (χ1n) is 6.93. The van der Waals surface area contributed by atoms with E-state index in [1.807, 2.05) is 0 Å². The molecule has 0 radical (unpaired) electrons. The van der Waals surface area contributed by atoms with Gasteiger partial charge in [0, 0.05) is 13.1 Å². The molecule has 0 unspecified atom stereocenters. The molecular weight excluding hydrogens is 242 g/mol. The second kappa shape index (κ2) is 8.50. The van der Waals surface area contributed by atoms with E-state index in [4.69, 9.17) is 4.74 Å². The smallest absolute Gasteiger partial charge is 0.322 e. The van der Waals surface area contributed by atoms with Gasteiger partial charge in [-0.3, -0.25) is 0 Å². The SMILES string of the molecule is CCCNc1nc(NCCCC(C)C)nc(OC)n1. The molecule has 2 N–H and O–H groups in total. The third-order valence-corrected chi connectivity index (χ3v) is 2.57. The van der Waals surface area contributed by atoms with E-state index in [1.54, 1.807) is 7.11 Å². The van der Waals surface area contributed by atoms with Crippen LogP contribution in [-0.2, 0) is 0 Å². The van der Waals surface area contributed by atoms with E-state index in [2.05, 4.69) is 46.4 Å². The molecule has 19 heavy (non-hydrogen) atoms. The van der Waals surface area contributed by atoms with E-state index in [0.29, 0.717) is 17.9 Å². The van der Waals surface area contributed by atoms with Gasteiger partial charge >= 0.3 is 6.01 Å². The van der Waals surface area contributed by atoms with Gasteiger partial charge < -0.3 is 15.4 Å². The summed E-state index contributed by atoms with van der Waals surface area (Å²) in [5.41, 5.74) is 0. The zero-order valence-corrected chi connectivity index (χ0v) is 12.4. The summed E-state index contributed by atoms with van der Waals surface area (Å²) in [4.78, 5) is 12.6. The summed E-state index contributed by atoms with van der Waals surface area (Å²) in [5, 5.41) is 6.35. The van der Waals surface area contributed by atoms with Gasteiger partial charge in [0.25, 0.3) is 0 Å². The Bertz CT molecular complexity index is 370. The van der Waals surface area contributed by atoms with Crippen LogP contribution in [0.2, 0.25) is 0 Å². The Morgan fingerprint density at radius 3 is 2.21 bits per heavy atom. The fourth-order valence-corrected chi connectivity index (χ4v) is 1.55. The molecule has 0 aliphatic carbocycles. The van der Waals surface area contributed by atoms with Gasteiger partial charge in [-0.15, -0.1) is 0 Å². The number of aromatic nitrogens is 3. The van der Waals surface area contributed by atoms with Gasteiger partial charge in [0.15, 0.2) is 0 Å². The fourth-order valence-electron chi connectivity index (χ4n) is 1.55. The minimum Gasteiger partial charge on any atom is -0.467 e. The number of rotatable bonds is 9. The van der Waals surface area contributed by atoms with Crippen molar-refractivity contribution in [1.29, 1.82) is 0 Å². The maximum absolute atomic E-state index is 5.08. The summed E-state index contributed by atoms with van der Waals surface area (Å²) >= 11 is 0. The summed E-state index contributed by atoms with van der Waals surface area (Å²) in [6.07, 6.45) is 3.31. The molecule has 0 saturated carbocycles. The number of hydrogen-bond acceptors (Lipinski definition) is 6. The van der Waals surface area contributed by atoms with Crippen LogP contribution in [0.4, 0.5) is 11.9 Å². The highest BCUT2D eigenvalue weighted by atomic mass is 16.5. The molecule has 0 aliphatic heterocycles. The molecule has 0 bridgehead atoms. The van der Waals surface area contributed by atoms with Crippen molar-refractivity contribution < 1.29 is 4.74 Å². The standard InChI is InChI=1S/C13H25N5O/c1-5-8-14-11-16-12(18-13(17-11)19-4)15-9-6-7-10(2)3/h10H,5-9H2,1-4H3,(H2,14,15,16,17,18). The molecule has 0 atom stereocenters. The highest BCUT2D eigenvalue weighted by molar-refractivity contribution is 5.35. The first kappa shape index (κ1) is 15.5. The van der Waals surface area contributed by atoms with Crippen LogP contribution in [0.25, 0.3) is 0 Å². The number of anilines is 2. The van der Waals surface area contributed by atoms with Gasteiger partial charge in [-0.2, -0.15) is 15.0 Å². The van der Waals surface area contributed by atoms with Crippen molar-refractivity contribution in [3.63, 3.8) is 0 Å². The second-order valence-electron chi connectivity index (χ2n) is 4.86. The Morgan fingerprint density at radius 1 is 1.05 bits per heavy atom. The molecule has 0 spiro atoms. The Morgan fingerprint density at radius 2 is 1.68 bits per heavy atom. The monoisotopic (exact) mass is 267 g/mol. The summed E-state index contributed by atoms with van der Waals surface area (Å²) in [6.45, 7) is 8.23. The van der Waals surface area contributed by atoms with Gasteiger partial charge in [-0.25, -0.2) is 0 Å². The number of nitrogens with one attached hydrogen (secondary N) is 2. The highest BCUT2D eigenvalue weighted by Crippen LogP contribution is 2.11. The van der Waals surface area contributed by atoms with Crippen molar-refractivity contribution in [1.82, 2.24) is 15.0 Å². The van der Waals surface area contributed by atoms with E-state index in [9.17, 15) is 0 Å². The van der Waals surface area contributed by atoms with Crippen molar-refractivity contribution in [3.05, 3.63) is 0 Å². The first-order chi connectivity index (χ1) is 9.15. The van der Waals surface area contributed by atoms with Crippen molar-refractivity contribution in [3.8, 4) is 6.01 Å². The second-order valence-corrected chi connectivity index (χ2v) is 4.86. The summed E-state index contributed by atoms with van der Waals surface area (Å²) < 4.78 is 5.08. The van der Waals surface area contributed by atoms with Crippen LogP contribution in [0.1, 0.15) is 40.0 Å². The number of hydrogen-bond donors (Lipinski definition) is 2. The molecule has 0 fully saturated rings. The lowest BCUT2D eigenvalue weighted by Gasteiger charge is -2.09. The van der Waals surface area contributed by atoms with Gasteiger partial charge in [-0.1, -0.05) is 20.8 Å². The van der Waals surface area contributed by atoms with E-state index in [0.717, 1.165) is 31.8 Å². The third-order valence-electron chi connectivity index (χ3n) is 2.57. The van der Waals surface area contributed by atoms with Crippen LogP contribution >= 0.6 is 0 Å². The maximum atomic E-state index is 5.08. The number of nitrogens with zero attached hydrogens (tertiary/aromatic N) is 3. The molecule has 1 aromatic rings. The maximum Gasteiger partial charge on any atom is 0.322 e. The van der Waals surface area contributed by atoms with E-state index in [-0.39, 0.29) is 0 Å². The normalized spacial score (nSPS) is 10.6. The lowest BCUT2D eigenvalue weighted by atomic mass is 10.1. The Balaban J connectivity index is 2.55. The van der Waals surface area contributed by atoms with Crippen LogP contribution in [0.15, 0.2) is 0 Å². The molecule has 0 saturated heterocycles. The molecule has 1 aromatic heterocycles. The molecule has 0 aromatic carbocycles. The molecule has 0 aliphatic rings. The van der Waals surface area contributed by atoms with Crippen molar-refractivity contribution >= 4 is 11.9 Å². The van der Waals surface area contributed by atoms with Gasteiger partial charge in [-0.05, 0) is 25.2 Å². The predicted molar refractivity (Wildman–Crippen MR) is 77.7 cm³/mol. The van der Waals surface area contributed by atoms with Crippen LogP contribution in [0.5, 0.6) is 6.01 Å². The Hall–Kier alpha value is -1.59. The zero-order valence-electron chi connectivity index (χ0n) is 12.4. The minimum atomic E-state index is 0.333.